The van der Waals surface area contributed by atoms with Gasteiger partial charge in [0.2, 0.25) is 0 Å². The molecule has 2 aromatic heterocycles. The average molecular weight is 308 g/mol. The molecule has 0 saturated heterocycles. The van der Waals surface area contributed by atoms with Crippen LogP contribution in [0, 0.1) is 13.8 Å². The van der Waals surface area contributed by atoms with E-state index in [-0.39, 0.29) is 5.56 Å². The molecule has 2 rings (SSSR count). The van der Waals surface area contributed by atoms with Gasteiger partial charge in [0.15, 0.2) is 5.82 Å². The first-order valence-electron chi connectivity index (χ1n) is 5.20. The Morgan fingerprint density at radius 3 is 2.39 bits per heavy atom. The van der Waals surface area contributed by atoms with E-state index in [4.69, 9.17) is 5.11 Å². The molecule has 0 aliphatic rings. The number of pyridine rings is 1. The van der Waals surface area contributed by atoms with E-state index in [0.29, 0.717) is 22.9 Å². The van der Waals surface area contributed by atoms with E-state index in [1.807, 2.05) is 6.07 Å². The van der Waals surface area contributed by atoms with Crippen LogP contribution in [0.2, 0.25) is 0 Å². The fourth-order valence-electron chi connectivity index (χ4n) is 1.68. The molecule has 0 bridgehead atoms. The Morgan fingerprint density at radius 1 is 1.28 bits per heavy atom. The third-order valence-corrected chi connectivity index (χ3v) is 3.09. The minimum atomic E-state index is -1.02. The van der Waals surface area contributed by atoms with Crippen LogP contribution in [0.5, 0.6) is 0 Å². The lowest BCUT2D eigenvalue weighted by Crippen LogP contribution is -2.09. The first-order chi connectivity index (χ1) is 8.50. The number of carbonyl (C=O) groups is 1. The van der Waals surface area contributed by atoms with Crippen LogP contribution in [0.25, 0.3) is 11.5 Å². The second-order valence-corrected chi connectivity index (χ2v) is 4.59. The Kier molecular flexibility index (Phi) is 3.38. The zero-order valence-electron chi connectivity index (χ0n) is 9.81. The van der Waals surface area contributed by atoms with Crippen LogP contribution in [0.4, 0.5) is 0 Å². The van der Waals surface area contributed by atoms with Gasteiger partial charge in [-0.15, -0.1) is 0 Å². The largest absolute Gasteiger partial charge is 0.478 e. The summed E-state index contributed by atoms with van der Waals surface area (Å²) in [6.45, 7) is 3.30. The molecular formula is C12H10BrN3O2. The van der Waals surface area contributed by atoms with Crippen molar-refractivity contribution >= 4 is 21.9 Å². The summed E-state index contributed by atoms with van der Waals surface area (Å²) in [4.78, 5) is 23.6. The molecule has 5 nitrogen and oxygen atoms in total. The summed E-state index contributed by atoms with van der Waals surface area (Å²) < 4.78 is 0.770. The molecule has 0 aromatic carbocycles. The quantitative estimate of drug-likeness (QED) is 0.923. The van der Waals surface area contributed by atoms with Crippen LogP contribution in [0.3, 0.4) is 0 Å². The smallest absolute Gasteiger partial charge is 0.339 e. The second kappa shape index (κ2) is 4.81. The Labute approximate surface area is 112 Å². The number of hydrogen-bond donors (Lipinski definition) is 1. The lowest BCUT2D eigenvalue weighted by atomic mass is 10.1. The number of carboxylic acid groups (broad SMARTS) is 1. The number of aryl methyl sites for hydroxylation is 2. The molecule has 0 unspecified atom stereocenters. The van der Waals surface area contributed by atoms with Crippen molar-refractivity contribution in [2.45, 2.75) is 13.8 Å². The zero-order valence-corrected chi connectivity index (χ0v) is 11.4. The molecule has 0 atom stereocenters. The number of halogens is 1. The monoisotopic (exact) mass is 307 g/mol. The van der Waals surface area contributed by atoms with Gasteiger partial charge in [0.05, 0.1) is 11.4 Å². The number of carboxylic acids is 1. The molecule has 0 spiro atoms. The molecular weight excluding hydrogens is 298 g/mol. The molecule has 2 heterocycles. The van der Waals surface area contributed by atoms with Gasteiger partial charge in [-0.1, -0.05) is 0 Å². The van der Waals surface area contributed by atoms with Gasteiger partial charge in [-0.25, -0.2) is 14.8 Å². The van der Waals surface area contributed by atoms with Crippen molar-refractivity contribution in [3.63, 3.8) is 0 Å². The number of aromatic carboxylic acids is 1. The van der Waals surface area contributed by atoms with Gasteiger partial charge in [-0.05, 0) is 41.9 Å². The standard InChI is InChI=1S/C12H10BrN3O2/c1-6-9(12(17)18)7(2)16-11(15-6)10-8(13)4-3-5-14-10/h3-5H,1-2H3,(H,17,18). The Hall–Kier alpha value is -1.82. The van der Waals surface area contributed by atoms with Crippen LogP contribution < -0.4 is 0 Å². The lowest BCUT2D eigenvalue weighted by molar-refractivity contribution is 0.0694. The van der Waals surface area contributed by atoms with E-state index in [0.717, 1.165) is 4.47 Å². The molecule has 6 heteroatoms. The van der Waals surface area contributed by atoms with Crippen molar-refractivity contribution < 1.29 is 9.90 Å². The normalized spacial score (nSPS) is 10.4. The van der Waals surface area contributed by atoms with E-state index in [2.05, 4.69) is 30.9 Å². The van der Waals surface area contributed by atoms with Crippen molar-refractivity contribution in [3.05, 3.63) is 39.8 Å². The third-order valence-electron chi connectivity index (χ3n) is 2.45. The van der Waals surface area contributed by atoms with Crippen LogP contribution >= 0.6 is 15.9 Å². The number of nitrogens with zero attached hydrogens (tertiary/aromatic N) is 3. The van der Waals surface area contributed by atoms with Crippen LogP contribution in [0.1, 0.15) is 21.7 Å². The van der Waals surface area contributed by atoms with Gasteiger partial charge in [0.25, 0.3) is 0 Å². The van der Waals surface area contributed by atoms with E-state index in [1.54, 1.807) is 26.1 Å². The SMILES string of the molecule is Cc1nc(-c2ncccc2Br)nc(C)c1C(=O)O. The summed E-state index contributed by atoms with van der Waals surface area (Å²) in [5.74, 6) is -0.598. The summed E-state index contributed by atoms with van der Waals surface area (Å²) in [7, 11) is 0. The molecule has 0 amide bonds. The number of hydrogen-bond acceptors (Lipinski definition) is 4. The van der Waals surface area contributed by atoms with E-state index >= 15 is 0 Å². The van der Waals surface area contributed by atoms with Crippen LogP contribution in [-0.2, 0) is 0 Å². The van der Waals surface area contributed by atoms with Crippen LogP contribution in [-0.4, -0.2) is 26.0 Å². The number of aromatic nitrogens is 3. The summed E-state index contributed by atoms with van der Waals surface area (Å²) in [6.07, 6.45) is 1.64. The average Bonchev–Trinajstić information content (AvgIpc) is 2.27. The van der Waals surface area contributed by atoms with Gasteiger partial charge in [-0.2, -0.15) is 0 Å². The third kappa shape index (κ3) is 2.24. The predicted molar refractivity (Wildman–Crippen MR) is 69.4 cm³/mol. The maximum Gasteiger partial charge on any atom is 0.339 e. The molecule has 0 aliphatic carbocycles. The van der Waals surface area contributed by atoms with E-state index in [9.17, 15) is 4.79 Å². The minimum Gasteiger partial charge on any atom is -0.478 e. The first-order valence-corrected chi connectivity index (χ1v) is 5.99. The highest BCUT2D eigenvalue weighted by atomic mass is 79.9. The molecule has 92 valence electrons. The fraction of sp³-hybridized carbons (Fsp3) is 0.167. The molecule has 2 aromatic rings. The molecule has 0 aliphatic heterocycles. The summed E-state index contributed by atoms with van der Waals surface area (Å²) >= 11 is 3.37. The van der Waals surface area contributed by atoms with Gasteiger partial charge < -0.3 is 5.11 Å². The van der Waals surface area contributed by atoms with E-state index < -0.39 is 5.97 Å². The van der Waals surface area contributed by atoms with Crippen molar-refractivity contribution in [1.82, 2.24) is 15.0 Å². The Balaban J connectivity index is 2.62. The predicted octanol–water partition coefficient (Wildman–Crippen LogP) is 2.62. The summed E-state index contributed by atoms with van der Waals surface area (Å²) in [5, 5.41) is 9.06. The molecule has 0 saturated carbocycles. The molecule has 1 N–H and O–H groups in total. The highest BCUT2D eigenvalue weighted by molar-refractivity contribution is 9.10. The van der Waals surface area contributed by atoms with Gasteiger partial charge in [0.1, 0.15) is 11.3 Å². The first kappa shape index (κ1) is 12.6. The van der Waals surface area contributed by atoms with Gasteiger partial charge >= 0.3 is 5.97 Å². The summed E-state index contributed by atoms with van der Waals surface area (Å²) in [5.41, 5.74) is 1.61. The Bertz CT molecular complexity index is 605. The Morgan fingerprint density at radius 2 is 1.89 bits per heavy atom. The molecule has 0 fully saturated rings. The maximum atomic E-state index is 11.1. The van der Waals surface area contributed by atoms with Crippen molar-refractivity contribution in [2.75, 3.05) is 0 Å². The lowest BCUT2D eigenvalue weighted by Gasteiger charge is -2.07. The summed E-state index contributed by atoms with van der Waals surface area (Å²) in [6, 6.07) is 3.63. The van der Waals surface area contributed by atoms with Crippen molar-refractivity contribution in [1.29, 1.82) is 0 Å². The highest BCUT2D eigenvalue weighted by Gasteiger charge is 2.17. The fourth-order valence-corrected chi connectivity index (χ4v) is 2.11. The zero-order chi connectivity index (χ0) is 13.3. The van der Waals surface area contributed by atoms with Gasteiger partial charge in [-0.3, -0.25) is 4.98 Å². The van der Waals surface area contributed by atoms with Crippen molar-refractivity contribution in [3.8, 4) is 11.5 Å². The topological polar surface area (TPSA) is 76.0 Å². The highest BCUT2D eigenvalue weighted by Crippen LogP contribution is 2.24. The van der Waals surface area contributed by atoms with Crippen LogP contribution in [0.15, 0.2) is 22.8 Å². The number of rotatable bonds is 2. The van der Waals surface area contributed by atoms with E-state index in [1.165, 1.54) is 0 Å². The maximum absolute atomic E-state index is 11.1. The second-order valence-electron chi connectivity index (χ2n) is 3.73. The minimum absolute atomic E-state index is 0.144. The molecule has 18 heavy (non-hydrogen) atoms. The molecule has 0 radical (unpaired) electrons. The van der Waals surface area contributed by atoms with Gasteiger partial charge in [0, 0.05) is 10.7 Å². The van der Waals surface area contributed by atoms with Crippen molar-refractivity contribution in [2.24, 2.45) is 0 Å².